The van der Waals surface area contributed by atoms with Crippen LogP contribution >= 0.6 is 11.6 Å². The monoisotopic (exact) mass is 510 g/mol. The van der Waals surface area contributed by atoms with Gasteiger partial charge in [-0.25, -0.2) is 4.39 Å². The number of carboxylic acid groups (broad SMARTS) is 1. The van der Waals surface area contributed by atoms with Crippen LogP contribution in [0.5, 0.6) is 5.75 Å². The third-order valence-corrected chi connectivity index (χ3v) is 7.00. The fourth-order valence-electron chi connectivity index (χ4n) is 4.77. The molecule has 3 atom stereocenters. The lowest BCUT2D eigenvalue weighted by Gasteiger charge is -2.36. The second-order valence-corrected chi connectivity index (χ2v) is 9.47. The smallest absolute Gasteiger partial charge is 0.308 e. The fourth-order valence-corrected chi connectivity index (χ4v) is 4.92. The van der Waals surface area contributed by atoms with Crippen LogP contribution in [0.2, 0.25) is 5.02 Å². The van der Waals surface area contributed by atoms with Crippen LogP contribution in [0, 0.1) is 29.5 Å². The van der Waals surface area contributed by atoms with Crippen molar-refractivity contribution in [3.63, 3.8) is 0 Å². The number of aromatic nitrogens is 1. The van der Waals surface area contributed by atoms with Gasteiger partial charge in [-0.15, -0.1) is 0 Å². The number of aliphatic carboxylic acids is 1. The number of fused-ring (bicyclic) bond motifs is 1. The summed E-state index contributed by atoms with van der Waals surface area (Å²) in [6.45, 7) is 1.41. The fraction of sp³-hybridized carbons (Fsp3) is 0.357. The molecule has 0 bridgehead atoms. The maximum Gasteiger partial charge on any atom is 0.308 e. The lowest BCUT2D eigenvalue weighted by molar-refractivity contribution is -0.146. The first kappa shape index (κ1) is 25.9. The average Bonchev–Trinajstić information content (AvgIpc) is 2.88. The van der Waals surface area contributed by atoms with Crippen LogP contribution in [0.3, 0.4) is 0 Å². The first-order valence-corrected chi connectivity index (χ1v) is 12.2. The van der Waals surface area contributed by atoms with Crippen molar-refractivity contribution in [2.45, 2.75) is 25.4 Å². The van der Waals surface area contributed by atoms with E-state index in [0.29, 0.717) is 49.7 Å². The predicted molar refractivity (Wildman–Crippen MR) is 136 cm³/mol. The summed E-state index contributed by atoms with van der Waals surface area (Å²) in [7, 11) is 1.59. The number of likely N-dealkylation sites (tertiary alicyclic amines) is 1. The van der Waals surface area contributed by atoms with Gasteiger partial charge in [0.2, 0.25) is 0 Å². The minimum Gasteiger partial charge on any atom is -0.497 e. The number of methoxy groups -OCH3 is 1. The zero-order chi connectivity index (χ0) is 25.7. The molecule has 1 aromatic heterocycles. The molecule has 1 aliphatic rings. The molecule has 1 fully saturated rings. The summed E-state index contributed by atoms with van der Waals surface area (Å²) < 4.78 is 19.2. The molecule has 6 nitrogen and oxygen atoms in total. The SMILES string of the molecule is COc1ccc2nccc(C(O)CC[C@@H]3CCN(CC#Cc4ccc(Cl)cc4F)C[C@@H]3C(=O)O)c2c1. The summed E-state index contributed by atoms with van der Waals surface area (Å²) in [6, 6.07) is 11.7. The number of carbonyl (C=O) groups is 1. The van der Waals surface area contributed by atoms with Gasteiger partial charge in [0.25, 0.3) is 0 Å². The summed E-state index contributed by atoms with van der Waals surface area (Å²) >= 11 is 5.77. The molecular formula is C28H28ClFN2O4. The Kier molecular flexibility index (Phi) is 8.42. The van der Waals surface area contributed by atoms with E-state index in [1.165, 1.54) is 12.1 Å². The number of aliphatic hydroxyl groups excluding tert-OH is 1. The van der Waals surface area contributed by atoms with Crippen molar-refractivity contribution < 1.29 is 24.1 Å². The van der Waals surface area contributed by atoms with Crippen molar-refractivity contribution in [2.24, 2.45) is 11.8 Å². The predicted octanol–water partition coefficient (Wildman–Crippen LogP) is 4.92. The van der Waals surface area contributed by atoms with Crippen molar-refractivity contribution in [1.29, 1.82) is 0 Å². The number of piperidine rings is 1. The molecule has 36 heavy (non-hydrogen) atoms. The number of halogens is 2. The number of pyridine rings is 1. The molecule has 2 N–H and O–H groups in total. The van der Waals surface area contributed by atoms with Gasteiger partial charge in [0.15, 0.2) is 0 Å². The summed E-state index contributed by atoms with van der Waals surface area (Å²) in [5.74, 6) is 4.49. The van der Waals surface area contributed by atoms with Crippen LogP contribution in [0.1, 0.15) is 36.5 Å². The van der Waals surface area contributed by atoms with E-state index in [1.54, 1.807) is 25.4 Å². The third kappa shape index (κ3) is 6.14. The highest BCUT2D eigenvalue weighted by atomic mass is 35.5. The van der Waals surface area contributed by atoms with Crippen LogP contribution in [0.4, 0.5) is 4.39 Å². The van der Waals surface area contributed by atoms with E-state index in [4.69, 9.17) is 16.3 Å². The standard InChI is InChI=1S/C28H28ClFN2O4/c1-36-21-7-8-26-23(16-21)22(10-12-31-26)27(33)9-5-18-11-14-32(17-24(18)28(34)35)13-2-3-19-4-6-20(29)15-25(19)30/h4,6-8,10,12,15-16,18,24,27,33H,5,9,11,13-14,17H2,1H3,(H,34,35)/t18-,24+,27?/m1/s1. The molecule has 0 spiro atoms. The van der Waals surface area contributed by atoms with Crippen LogP contribution in [-0.2, 0) is 4.79 Å². The van der Waals surface area contributed by atoms with Crippen LogP contribution < -0.4 is 4.74 Å². The quantitative estimate of drug-likeness (QED) is 0.439. The highest BCUT2D eigenvalue weighted by molar-refractivity contribution is 6.30. The maximum atomic E-state index is 13.9. The minimum absolute atomic E-state index is 0.0577. The summed E-state index contributed by atoms with van der Waals surface area (Å²) in [6.07, 6.45) is 2.64. The van der Waals surface area contributed by atoms with Gasteiger partial charge in [0.1, 0.15) is 11.6 Å². The Morgan fingerprint density at radius 3 is 2.89 bits per heavy atom. The highest BCUT2D eigenvalue weighted by Gasteiger charge is 2.34. The molecule has 188 valence electrons. The number of aliphatic hydroxyl groups is 1. The molecule has 0 radical (unpaired) electrons. The Bertz CT molecular complexity index is 1310. The highest BCUT2D eigenvalue weighted by Crippen LogP contribution is 2.33. The number of hydrogen-bond donors (Lipinski definition) is 2. The number of carboxylic acids is 1. The first-order valence-electron chi connectivity index (χ1n) is 11.9. The Labute approximate surface area is 214 Å². The Morgan fingerprint density at radius 2 is 2.14 bits per heavy atom. The average molecular weight is 511 g/mol. The lowest BCUT2D eigenvalue weighted by Crippen LogP contribution is -2.44. The second kappa shape index (κ2) is 11.7. The zero-order valence-corrected chi connectivity index (χ0v) is 20.7. The molecule has 1 aliphatic heterocycles. The van der Waals surface area contributed by atoms with Gasteiger partial charge < -0.3 is 14.9 Å². The molecule has 2 heterocycles. The molecule has 0 aliphatic carbocycles. The Morgan fingerprint density at radius 1 is 1.31 bits per heavy atom. The minimum atomic E-state index is -0.852. The number of hydrogen-bond acceptors (Lipinski definition) is 5. The summed E-state index contributed by atoms with van der Waals surface area (Å²) in [5, 5.41) is 22.0. The van der Waals surface area contributed by atoms with E-state index in [-0.39, 0.29) is 11.5 Å². The number of benzene rings is 2. The zero-order valence-electron chi connectivity index (χ0n) is 20.0. The Hall–Kier alpha value is -3.18. The van der Waals surface area contributed by atoms with E-state index in [0.717, 1.165) is 16.5 Å². The van der Waals surface area contributed by atoms with E-state index in [9.17, 15) is 19.4 Å². The normalized spacial score (nSPS) is 18.9. The van der Waals surface area contributed by atoms with Gasteiger partial charge in [-0.3, -0.25) is 14.7 Å². The molecule has 0 saturated carbocycles. The molecule has 0 amide bonds. The number of nitrogens with zero attached hydrogens (tertiary/aromatic N) is 2. The topological polar surface area (TPSA) is 82.9 Å². The molecule has 4 rings (SSSR count). The van der Waals surface area contributed by atoms with Gasteiger partial charge in [-0.2, -0.15) is 0 Å². The van der Waals surface area contributed by atoms with E-state index < -0.39 is 23.8 Å². The maximum absolute atomic E-state index is 13.9. The molecule has 1 unspecified atom stereocenters. The van der Waals surface area contributed by atoms with Crippen molar-refractivity contribution >= 4 is 28.5 Å². The van der Waals surface area contributed by atoms with Gasteiger partial charge in [0.05, 0.1) is 36.8 Å². The lowest BCUT2D eigenvalue weighted by atomic mass is 9.81. The van der Waals surface area contributed by atoms with Crippen LogP contribution in [-0.4, -0.2) is 52.8 Å². The van der Waals surface area contributed by atoms with Crippen molar-refractivity contribution in [2.75, 3.05) is 26.7 Å². The van der Waals surface area contributed by atoms with Gasteiger partial charge in [0, 0.05) is 23.2 Å². The Balaban J connectivity index is 1.38. The van der Waals surface area contributed by atoms with E-state index >= 15 is 0 Å². The van der Waals surface area contributed by atoms with Crippen molar-refractivity contribution in [3.8, 4) is 17.6 Å². The summed E-state index contributed by atoms with van der Waals surface area (Å²) in [5.41, 5.74) is 1.79. The molecule has 2 aromatic carbocycles. The van der Waals surface area contributed by atoms with Gasteiger partial charge >= 0.3 is 5.97 Å². The second-order valence-electron chi connectivity index (χ2n) is 9.03. The molecule has 1 saturated heterocycles. The third-order valence-electron chi connectivity index (χ3n) is 6.77. The molecule has 8 heteroatoms. The van der Waals surface area contributed by atoms with Crippen molar-refractivity contribution in [3.05, 3.63) is 70.6 Å². The first-order chi connectivity index (χ1) is 17.4. The number of ether oxygens (including phenoxy) is 1. The van der Waals surface area contributed by atoms with Gasteiger partial charge in [-0.05, 0) is 79.8 Å². The number of rotatable bonds is 7. The molecular weight excluding hydrogens is 483 g/mol. The van der Waals surface area contributed by atoms with Crippen LogP contribution in [0.15, 0.2) is 48.7 Å². The molecule has 3 aromatic rings. The van der Waals surface area contributed by atoms with E-state index in [1.807, 2.05) is 23.1 Å². The van der Waals surface area contributed by atoms with Crippen molar-refractivity contribution in [1.82, 2.24) is 9.88 Å². The van der Waals surface area contributed by atoms with Crippen LogP contribution in [0.25, 0.3) is 10.9 Å². The summed E-state index contributed by atoms with van der Waals surface area (Å²) in [4.78, 5) is 18.4. The largest absolute Gasteiger partial charge is 0.497 e. The van der Waals surface area contributed by atoms with E-state index in [2.05, 4.69) is 16.8 Å². The van der Waals surface area contributed by atoms with Gasteiger partial charge in [-0.1, -0.05) is 23.4 Å².